The van der Waals surface area contributed by atoms with Crippen molar-refractivity contribution in [3.63, 3.8) is 0 Å². The fraction of sp³-hybridized carbons (Fsp3) is 0.381. The van der Waals surface area contributed by atoms with Gasteiger partial charge in [0.1, 0.15) is 11.5 Å². The fourth-order valence-corrected chi connectivity index (χ4v) is 2.94. The smallest absolute Gasteiger partial charge is 0.257 e. The van der Waals surface area contributed by atoms with E-state index in [4.69, 9.17) is 9.47 Å². The lowest BCUT2D eigenvalue weighted by Crippen LogP contribution is -2.31. The minimum absolute atomic E-state index is 0.0344. The summed E-state index contributed by atoms with van der Waals surface area (Å²) in [7, 11) is 3.28. The maximum absolute atomic E-state index is 12.9. The summed E-state index contributed by atoms with van der Waals surface area (Å²) < 4.78 is 10.7. The summed E-state index contributed by atoms with van der Waals surface area (Å²) in [4.78, 5) is 14.8. The number of carbonyl (C=O) groups excluding carboxylic acids is 1. The van der Waals surface area contributed by atoms with Crippen molar-refractivity contribution in [3.05, 3.63) is 59.2 Å². The van der Waals surface area contributed by atoms with Crippen LogP contribution in [0.15, 0.2) is 42.5 Å². The molecule has 2 aromatic carbocycles. The van der Waals surface area contributed by atoms with Crippen LogP contribution < -0.4 is 9.47 Å². The number of aryl methyl sites for hydroxylation is 2. The molecule has 0 spiro atoms. The molecule has 4 nitrogen and oxygen atoms in total. The summed E-state index contributed by atoms with van der Waals surface area (Å²) in [5.41, 5.74) is 2.92. The highest BCUT2D eigenvalue weighted by atomic mass is 16.5. The van der Waals surface area contributed by atoms with E-state index in [1.54, 1.807) is 14.2 Å². The summed E-state index contributed by atoms with van der Waals surface area (Å²) >= 11 is 0. The van der Waals surface area contributed by atoms with Crippen molar-refractivity contribution < 1.29 is 14.3 Å². The Morgan fingerprint density at radius 1 is 0.920 bits per heavy atom. The van der Waals surface area contributed by atoms with E-state index in [9.17, 15) is 4.79 Å². The number of amides is 1. The lowest BCUT2D eigenvalue weighted by molar-refractivity contribution is 0.0768. The van der Waals surface area contributed by atoms with Crippen molar-refractivity contribution in [3.8, 4) is 11.5 Å². The molecule has 2 rings (SSSR count). The van der Waals surface area contributed by atoms with Gasteiger partial charge < -0.3 is 14.4 Å². The minimum Gasteiger partial charge on any atom is -0.497 e. The summed E-state index contributed by atoms with van der Waals surface area (Å²) in [5, 5.41) is 0. The third kappa shape index (κ3) is 4.53. The van der Waals surface area contributed by atoms with Gasteiger partial charge in [-0.25, -0.2) is 0 Å². The Labute approximate surface area is 150 Å². The molecule has 0 aliphatic rings. The number of ether oxygens (including phenoxy) is 2. The van der Waals surface area contributed by atoms with Crippen LogP contribution in [0.25, 0.3) is 0 Å². The maximum Gasteiger partial charge on any atom is 0.257 e. The molecule has 0 saturated carbocycles. The highest BCUT2D eigenvalue weighted by molar-refractivity contribution is 5.98. The van der Waals surface area contributed by atoms with Gasteiger partial charge >= 0.3 is 0 Å². The molecule has 0 heterocycles. The van der Waals surface area contributed by atoms with Gasteiger partial charge in [-0.3, -0.25) is 4.79 Å². The van der Waals surface area contributed by atoms with E-state index in [2.05, 4.69) is 12.1 Å². The van der Waals surface area contributed by atoms with E-state index in [1.165, 1.54) is 5.56 Å². The number of methoxy groups -OCH3 is 2. The molecule has 0 aromatic heterocycles. The van der Waals surface area contributed by atoms with Crippen molar-refractivity contribution in [2.45, 2.75) is 26.7 Å². The van der Waals surface area contributed by atoms with Crippen LogP contribution in [0.5, 0.6) is 11.5 Å². The Bertz CT molecular complexity index is 691. The normalized spacial score (nSPS) is 10.4. The van der Waals surface area contributed by atoms with Crippen LogP contribution in [0, 0.1) is 0 Å². The van der Waals surface area contributed by atoms with Gasteiger partial charge in [-0.15, -0.1) is 0 Å². The topological polar surface area (TPSA) is 38.8 Å². The minimum atomic E-state index is 0.0344. The second-order valence-electron chi connectivity index (χ2n) is 5.82. The van der Waals surface area contributed by atoms with Gasteiger partial charge in [0.15, 0.2) is 0 Å². The number of nitrogens with zero attached hydrogens (tertiary/aromatic N) is 1. The zero-order valence-corrected chi connectivity index (χ0v) is 15.5. The lowest BCUT2D eigenvalue weighted by atomic mass is 9.98. The van der Waals surface area contributed by atoms with Crippen molar-refractivity contribution >= 4 is 5.91 Å². The summed E-state index contributed by atoms with van der Waals surface area (Å²) in [6, 6.07) is 13.9. The van der Waals surface area contributed by atoms with Crippen LogP contribution in [0.1, 0.15) is 35.3 Å². The quantitative estimate of drug-likeness (QED) is 0.729. The summed E-state index contributed by atoms with van der Waals surface area (Å²) in [6.07, 6.45) is 1.64. The SMILES string of the molecule is CCN(CC)C(=O)c1c(CCc2ccc(OC)cc2)cccc1OC. The van der Waals surface area contributed by atoms with Crippen molar-refractivity contribution in [1.82, 2.24) is 4.90 Å². The first-order valence-electron chi connectivity index (χ1n) is 8.72. The number of rotatable bonds is 8. The van der Waals surface area contributed by atoms with Crippen LogP contribution >= 0.6 is 0 Å². The van der Waals surface area contributed by atoms with E-state index in [0.717, 1.165) is 24.2 Å². The molecule has 0 bridgehead atoms. The molecule has 0 aliphatic carbocycles. The number of hydrogen-bond acceptors (Lipinski definition) is 3. The molecular weight excluding hydrogens is 314 g/mol. The van der Waals surface area contributed by atoms with Crippen LogP contribution in [-0.4, -0.2) is 38.1 Å². The van der Waals surface area contributed by atoms with E-state index in [0.29, 0.717) is 24.4 Å². The molecule has 0 N–H and O–H groups in total. The highest BCUT2D eigenvalue weighted by Gasteiger charge is 2.21. The van der Waals surface area contributed by atoms with Crippen molar-refractivity contribution in [2.75, 3.05) is 27.3 Å². The largest absolute Gasteiger partial charge is 0.497 e. The van der Waals surface area contributed by atoms with Gasteiger partial charge in [-0.1, -0.05) is 24.3 Å². The Balaban J connectivity index is 2.25. The Kier molecular flexibility index (Phi) is 6.87. The predicted octanol–water partition coefficient (Wildman–Crippen LogP) is 3.97. The molecule has 0 radical (unpaired) electrons. The van der Waals surface area contributed by atoms with E-state index < -0.39 is 0 Å². The average molecular weight is 341 g/mol. The van der Waals surface area contributed by atoms with Gasteiger partial charge in [-0.05, 0) is 56.0 Å². The molecule has 0 saturated heterocycles. The third-order valence-corrected chi connectivity index (χ3v) is 4.44. The molecule has 1 amide bonds. The standard InChI is InChI=1S/C21H27NO3/c1-5-22(6-2)21(23)20-17(8-7-9-19(20)25-4)13-10-16-11-14-18(24-3)15-12-16/h7-9,11-12,14-15H,5-6,10,13H2,1-4H3. The molecule has 0 fully saturated rings. The molecule has 2 aromatic rings. The number of hydrogen-bond donors (Lipinski definition) is 0. The van der Waals surface area contributed by atoms with Gasteiger partial charge in [0.2, 0.25) is 0 Å². The average Bonchev–Trinajstić information content (AvgIpc) is 2.67. The van der Waals surface area contributed by atoms with E-state index >= 15 is 0 Å². The van der Waals surface area contributed by atoms with Crippen LogP contribution in [0.2, 0.25) is 0 Å². The molecule has 0 atom stereocenters. The van der Waals surface area contributed by atoms with Gasteiger partial charge in [-0.2, -0.15) is 0 Å². The van der Waals surface area contributed by atoms with Crippen LogP contribution in [0.4, 0.5) is 0 Å². The second-order valence-corrected chi connectivity index (χ2v) is 5.82. The summed E-state index contributed by atoms with van der Waals surface area (Å²) in [5.74, 6) is 1.53. The van der Waals surface area contributed by atoms with Crippen molar-refractivity contribution in [1.29, 1.82) is 0 Å². The van der Waals surface area contributed by atoms with E-state index in [1.807, 2.05) is 49.1 Å². The summed E-state index contributed by atoms with van der Waals surface area (Å²) in [6.45, 7) is 5.36. The number of carbonyl (C=O) groups is 1. The molecule has 4 heteroatoms. The lowest BCUT2D eigenvalue weighted by Gasteiger charge is -2.22. The predicted molar refractivity (Wildman–Crippen MR) is 101 cm³/mol. The van der Waals surface area contributed by atoms with Gasteiger partial charge in [0.25, 0.3) is 5.91 Å². The molecule has 25 heavy (non-hydrogen) atoms. The first kappa shape index (κ1) is 18.8. The molecule has 134 valence electrons. The number of benzene rings is 2. The Hall–Kier alpha value is -2.49. The molecule has 0 aliphatic heterocycles. The van der Waals surface area contributed by atoms with Gasteiger partial charge in [0.05, 0.1) is 19.8 Å². The van der Waals surface area contributed by atoms with Crippen LogP contribution in [-0.2, 0) is 12.8 Å². The zero-order chi connectivity index (χ0) is 18.2. The maximum atomic E-state index is 12.9. The monoisotopic (exact) mass is 341 g/mol. The molecule has 0 unspecified atom stereocenters. The second kappa shape index (κ2) is 9.11. The third-order valence-electron chi connectivity index (χ3n) is 4.44. The highest BCUT2D eigenvalue weighted by Crippen LogP contribution is 2.25. The van der Waals surface area contributed by atoms with Crippen LogP contribution in [0.3, 0.4) is 0 Å². The zero-order valence-electron chi connectivity index (χ0n) is 15.5. The Morgan fingerprint density at radius 2 is 1.60 bits per heavy atom. The van der Waals surface area contributed by atoms with Gasteiger partial charge in [0, 0.05) is 13.1 Å². The van der Waals surface area contributed by atoms with Crippen molar-refractivity contribution in [2.24, 2.45) is 0 Å². The fourth-order valence-electron chi connectivity index (χ4n) is 2.94. The Morgan fingerprint density at radius 3 is 2.16 bits per heavy atom. The first-order valence-corrected chi connectivity index (χ1v) is 8.72. The van der Waals surface area contributed by atoms with E-state index in [-0.39, 0.29) is 5.91 Å². The molecular formula is C21H27NO3. The first-order chi connectivity index (χ1) is 12.1.